The van der Waals surface area contributed by atoms with Crippen LogP contribution in [-0.4, -0.2) is 19.9 Å². The second-order valence-corrected chi connectivity index (χ2v) is 4.11. The van der Waals surface area contributed by atoms with Crippen LogP contribution in [0.2, 0.25) is 0 Å². The average molecular weight is 268 g/mol. The summed E-state index contributed by atoms with van der Waals surface area (Å²) in [6.07, 6.45) is 3.51. The lowest BCUT2D eigenvalue weighted by Gasteiger charge is -2.06. The summed E-state index contributed by atoms with van der Waals surface area (Å²) in [5.41, 5.74) is 1.66. The van der Waals surface area contributed by atoms with E-state index in [0.717, 1.165) is 15.7 Å². The summed E-state index contributed by atoms with van der Waals surface area (Å²) in [6, 6.07) is 3.73. The predicted octanol–water partition coefficient (Wildman–Crippen LogP) is 1.83. The van der Waals surface area contributed by atoms with Gasteiger partial charge in [-0.25, -0.2) is 9.67 Å². The molecule has 2 rings (SSSR count). The van der Waals surface area contributed by atoms with E-state index in [9.17, 15) is 5.11 Å². The van der Waals surface area contributed by atoms with Crippen molar-refractivity contribution < 1.29 is 5.11 Å². The topological polar surface area (TPSA) is 50.9 Å². The van der Waals surface area contributed by atoms with Crippen LogP contribution in [0.3, 0.4) is 0 Å². The zero-order valence-corrected chi connectivity index (χ0v) is 9.77. The van der Waals surface area contributed by atoms with Crippen molar-refractivity contribution in [1.82, 2.24) is 14.8 Å². The number of aryl methyl sites for hydroxylation is 1. The Morgan fingerprint density at radius 3 is 2.93 bits per heavy atom. The van der Waals surface area contributed by atoms with Crippen LogP contribution < -0.4 is 0 Å². The lowest BCUT2D eigenvalue weighted by atomic mass is 10.3. The normalized spacial score (nSPS) is 10.6. The molecule has 0 aliphatic rings. The molecule has 0 atom stereocenters. The van der Waals surface area contributed by atoms with Crippen molar-refractivity contribution in [1.29, 1.82) is 0 Å². The SMILES string of the molecule is Cc1ccn(-c2ncc(Br)cc2CO)n1. The molecule has 0 saturated carbocycles. The van der Waals surface area contributed by atoms with E-state index in [1.165, 1.54) is 0 Å². The number of hydrogen-bond acceptors (Lipinski definition) is 3. The van der Waals surface area contributed by atoms with Crippen molar-refractivity contribution in [3.63, 3.8) is 0 Å². The summed E-state index contributed by atoms with van der Waals surface area (Å²) >= 11 is 3.31. The molecule has 2 aromatic heterocycles. The summed E-state index contributed by atoms with van der Waals surface area (Å²) in [5.74, 6) is 0.661. The molecule has 4 nitrogen and oxygen atoms in total. The second-order valence-electron chi connectivity index (χ2n) is 3.20. The Balaban J connectivity index is 2.52. The fourth-order valence-corrected chi connectivity index (χ4v) is 1.71. The first-order valence-corrected chi connectivity index (χ1v) is 5.28. The number of rotatable bonds is 2. The van der Waals surface area contributed by atoms with Crippen molar-refractivity contribution in [3.8, 4) is 5.82 Å². The van der Waals surface area contributed by atoms with Gasteiger partial charge in [0.25, 0.3) is 0 Å². The molecule has 2 heterocycles. The molecule has 0 saturated heterocycles. The van der Waals surface area contributed by atoms with Crippen molar-refractivity contribution in [2.75, 3.05) is 0 Å². The van der Waals surface area contributed by atoms with Crippen LogP contribution >= 0.6 is 15.9 Å². The number of halogens is 1. The third-order valence-corrected chi connectivity index (χ3v) is 2.45. The minimum atomic E-state index is -0.0549. The van der Waals surface area contributed by atoms with E-state index >= 15 is 0 Å². The molecular formula is C10H10BrN3O. The highest BCUT2D eigenvalue weighted by molar-refractivity contribution is 9.10. The van der Waals surface area contributed by atoms with Crippen LogP contribution in [0.5, 0.6) is 0 Å². The van der Waals surface area contributed by atoms with Crippen LogP contribution in [0.25, 0.3) is 5.82 Å². The highest BCUT2D eigenvalue weighted by Crippen LogP contribution is 2.17. The zero-order valence-electron chi connectivity index (χ0n) is 8.18. The summed E-state index contributed by atoms with van der Waals surface area (Å²) in [4.78, 5) is 4.23. The van der Waals surface area contributed by atoms with E-state index in [1.54, 1.807) is 10.9 Å². The van der Waals surface area contributed by atoms with Gasteiger partial charge in [0.1, 0.15) is 0 Å². The van der Waals surface area contributed by atoms with Gasteiger partial charge < -0.3 is 5.11 Å². The molecule has 0 aromatic carbocycles. The largest absolute Gasteiger partial charge is 0.392 e. The van der Waals surface area contributed by atoms with Gasteiger partial charge in [0.15, 0.2) is 5.82 Å². The molecular weight excluding hydrogens is 258 g/mol. The highest BCUT2D eigenvalue weighted by atomic mass is 79.9. The van der Waals surface area contributed by atoms with Gasteiger partial charge in [-0.15, -0.1) is 0 Å². The Kier molecular flexibility index (Phi) is 2.83. The van der Waals surface area contributed by atoms with Crippen LogP contribution in [0, 0.1) is 6.92 Å². The van der Waals surface area contributed by atoms with Gasteiger partial charge >= 0.3 is 0 Å². The molecule has 0 radical (unpaired) electrons. The van der Waals surface area contributed by atoms with Gasteiger partial charge in [-0.3, -0.25) is 0 Å². The fraction of sp³-hybridized carbons (Fsp3) is 0.200. The molecule has 0 fully saturated rings. The molecule has 15 heavy (non-hydrogen) atoms. The minimum Gasteiger partial charge on any atom is -0.392 e. The van der Waals surface area contributed by atoms with Gasteiger partial charge in [-0.05, 0) is 35.0 Å². The standard InChI is InChI=1S/C10H10BrN3O/c1-7-2-3-14(13-7)10-8(6-15)4-9(11)5-12-10/h2-5,15H,6H2,1H3. The van der Waals surface area contributed by atoms with E-state index in [4.69, 9.17) is 0 Å². The Morgan fingerprint density at radius 2 is 2.33 bits per heavy atom. The van der Waals surface area contributed by atoms with Crippen molar-refractivity contribution in [2.45, 2.75) is 13.5 Å². The number of aliphatic hydroxyl groups excluding tert-OH is 1. The van der Waals surface area contributed by atoms with E-state index in [0.29, 0.717) is 5.82 Å². The van der Waals surface area contributed by atoms with E-state index < -0.39 is 0 Å². The van der Waals surface area contributed by atoms with Gasteiger partial charge in [0.2, 0.25) is 0 Å². The van der Waals surface area contributed by atoms with E-state index in [1.807, 2.05) is 25.3 Å². The maximum atomic E-state index is 9.21. The van der Waals surface area contributed by atoms with Gasteiger partial charge in [0.05, 0.1) is 12.3 Å². The van der Waals surface area contributed by atoms with Crippen LogP contribution in [0.15, 0.2) is 29.0 Å². The molecule has 5 heteroatoms. The summed E-state index contributed by atoms with van der Waals surface area (Å²) < 4.78 is 2.51. The number of nitrogens with zero attached hydrogens (tertiary/aromatic N) is 3. The van der Waals surface area contributed by atoms with Crippen LogP contribution in [-0.2, 0) is 6.61 Å². The average Bonchev–Trinajstić information content (AvgIpc) is 2.64. The van der Waals surface area contributed by atoms with Gasteiger partial charge in [-0.1, -0.05) is 0 Å². The first-order valence-electron chi connectivity index (χ1n) is 4.48. The van der Waals surface area contributed by atoms with Gasteiger partial charge in [0, 0.05) is 22.4 Å². The monoisotopic (exact) mass is 267 g/mol. The Bertz CT molecular complexity index is 481. The lowest BCUT2D eigenvalue weighted by Crippen LogP contribution is -2.03. The maximum Gasteiger partial charge on any atom is 0.158 e. The number of aromatic nitrogens is 3. The highest BCUT2D eigenvalue weighted by Gasteiger charge is 2.06. The van der Waals surface area contributed by atoms with E-state index in [2.05, 4.69) is 26.0 Å². The maximum absolute atomic E-state index is 9.21. The third-order valence-electron chi connectivity index (χ3n) is 2.02. The van der Waals surface area contributed by atoms with Crippen LogP contribution in [0.1, 0.15) is 11.3 Å². The van der Waals surface area contributed by atoms with E-state index in [-0.39, 0.29) is 6.61 Å². The van der Waals surface area contributed by atoms with Crippen LogP contribution in [0.4, 0.5) is 0 Å². The molecule has 0 aliphatic heterocycles. The van der Waals surface area contributed by atoms with Crippen molar-refractivity contribution >= 4 is 15.9 Å². The molecule has 78 valence electrons. The molecule has 0 aliphatic carbocycles. The minimum absolute atomic E-state index is 0.0549. The molecule has 1 N–H and O–H groups in total. The summed E-state index contributed by atoms with van der Waals surface area (Å²) in [6.45, 7) is 1.86. The Labute approximate surface area is 95.7 Å². The zero-order chi connectivity index (χ0) is 10.8. The molecule has 0 unspecified atom stereocenters. The van der Waals surface area contributed by atoms with Gasteiger partial charge in [-0.2, -0.15) is 5.10 Å². The number of aliphatic hydroxyl groups is 1. The third kappa shape index (κ3) is 2.08. The van der Waals surface area contributed by atoms with Crippen molar-refractivity contribution in [3.05, 3.63) is 40.3 Å². The number of hydrogen-bond donors (Lipinski definition) is 1. The Morgan fingerprint density at radius 1 is 1.53 bits per heavy atom. The first kappa shape index (κ1) is 10.3. The first-order chi connectivity index (χ1) is 7.20. The molecule has 0 spiro atoms. The predicted molar refractivity (Wildman–Crippen MR) is 59.7 cm³/mol. The quantitative estimate of drug-likeness (QED) is 0.904. The molecule has 0 amide bonds. The summed E-state index contributed by atoms with van der Waals surface area (Å²) in [5, 5.41) is 13.5. The fourth-order valence-electron chi connectivity index (χ4n) is 1.33. The summed E-state index contributed by atoms with van der Waals surface area (Å²) in [7, 11) is 0. The molecule has 0 bridgehead atoms. The number of pyridine rings is 1. The molecule has 2 aromatic rings. The smallest absolute Gasteiger partial charge is 0.158 e. The Hall–Kier alpha value is -1.20. The lowest BCUT2D eigenvalue weighted by molar-refractivity contribution is 0.280. The second kappa shape index (κ2) is 4.12. The van der Waals surface area contributed by atoms with Crippen molar-refractivity contribution in [2.24, 2.45) is 0 Å².